The van der Waals surface area contributed by atoms with Crippen molar-refractivity contribution in [2.75, 3.05) is 6.54 Å². The molecule has 2 nitrogen and oxygen atoms in total. The zero-order valence-corrected chi connectivity index (χ0v) is 8.88. The summed E-state index contributed by atoms with van der Waals surface area (Å²) in [6.45, 7) is 4.86. The second-order valence-electron chi connectivity index (χ2n) is 2.61. The standard InChI is InChI=1S/C10H12BrNO/c1-9(11)7-12-13-8-10-5-3-2-4-6-10/h2-6,12H,1,7-8H2. The molecule has 0 aliphatic carbocycles. The summed E-state index contributed by atoms with van der Waals surface area (Å²) in [5.74, 6) is 0. The van der Waals surface area contributed by atoms with Crippen molar-refractivity contribution in [2.45, 2.75) is 6.61 Å². The van der Waals surface area contributed by atoms with Gasteiger partial charge in [0.2, 0.25) is 0 Å². The molecule has 0 bridgehead atoms. The first-order valence-electron chi connectivity index (χ1n) is 4.01. The summed E-state index contributed by atoms with van der Waals surface area (Å²) in [7, 11) is 0. The third-order valence-electron chi connectivity index (χ3n) is 1.45. The molecule has 0 aromatic heterocycles. The van der Waals surface area contributed by atoms with Crippen molar-refractivity contribution in [3.8, 4) is 0 Å². The summed E-state index contributed by atoms with van der Waals surface area (Å²) in [4.78, 5) is 5.19. The molecule has 0 spiro atoms. The molecule has 1 aromatic carbocycles. The summed E-state index contributed by atoms with van der Waals surface area (Å²) in [5.41, 5.74) is 3.94. The van der Waals surface area contributed by atoms with Crippen molar-refractivity contribution in [1.82, 2.24) is 5.48 Å². The van der Waals surface area contributed by atoms with Gasteiger partial charge in [-0.2, -0.15) is 5.48 Å². The van der Waals surface area contributed by atoms with Gasteiger partial charge in [0.1, 0.15) is 0 Å². The molecule has 0 saturated heterocycles. The Morgan fingerprint density at radius 1 is 1.38 bits per heavy atom. The quantitative estimate of drug-likeness (QED) is 0.633. The van der Waals surface area contributed by atoms with Crippen LogP contribution in [0.4, 0.5) is 0 Å². The van der Waals surface area contributed by atoms with E-state index in [0.29, 0.717) is 13.2 Å². The summed E-state index contributed by atoms with van der Waals surface area (Å²) >= 11 is 3.22. The number of halogens is 1. The van der Waals surface area contributed by atoms with Gasteiger partial charge in [-0.05, 0) is 5.56 Å². The fourth-order valence-electron chi connectivity index (χ4n) is 0.838. The zero-order valence-electron chi connectivity index (χ0n) is 7.29. The van der Waals surface area contributed by atoms with E-state index in [1.165, 1.54) is 0 Å². The van der Waals surface area contributed by atoms with Crippen molar-refractivity contribution in [3.63, 3.8) is 0 Å². The van der Waals surface area contributed by atoms with Crippen LogP contribution in [-0.2, 0) is 11.4 Å². The van der Waals surface area contributed by atoms with Crippen molar-refractivity contribution >= 4 is 15.9 Å². The third kappa shape index (κ3) is 4.83. The van der Waals surface area contributed by atoms with Gasteiger partial charge in [0.15, 0.2) is 0 Å². The van der Waals surface area contributed by atoms with E-state index < -0.39 is 0 Å². The maximum absolute atomic E-state index is 5.19. The molecule has 0 fully saturated rings. The second-order valence-corrected chi connectivity index (χ2v) is 3.73. The Morgan fingerprint density at radius 3 is 2.69 bits per heavy atom. The Hall–Kier alpha value is -0.640. The van der Waals surface area contributed by atoms with Crippen LogP contribution in [0.25, 0.3) is 0 Å². The highest BCUT2D eigenvalue weighted by Crippen LogP contribution is 2.00. The van der Waals surface area contributed by atoms with E-state index >= 15 is 0 Å². The van der Waals surface area contributed by atoms with Gasteiger partial charge in [0.05, 0.1) is 13.2 Å². The maximum atomic E-state index is 5.19. The molecule has 1 aromatic rings. The largest absolute Gasteiger partial charge is 0.297 e. The predicted molar refractivity (Wildman–Crippen MR) is 57.3 cm³/mol. The van der Waals surface area contributed by atoms with E-state index in [2.05, 4.69) is 28.0 Å². The Kier molecular flexibility index (Phi) is 4.75. The minimum atomic E-state index is 0.571. The fourth-order valence-corrected chi connectivity index (χ4v) is 0.952. The number of rotatable bonds is 5. The number of hydrogen-bond donors (Lipinski definition) is 1. The van der Waals surface area contributed by atoms with Gasteiger partial charge < -0.3 is 0 Å². The van der Waals surface area contributed by atoms with Crippen LogP contribution >= 0.6 is 15.9 Å². The normalized spacial score (nSPS) is 9.92. The zero-order chi connectivity index (χ0) is 9.52. The average molecular weight is 242 g/mol. The van der Waals surface area contributed by atoms with Crippen LogP contribution in [0.15, 0.2) is 41.4 Å². The smallest absolute Gasteiger partial charge is 0.0933 e. The van der Waals surface area contributed by atoms with Gasteiger partial charge in [-0.3, -0.25) is 4.84 Å². The molecule has 0 amide bonds. The highest BCUT2D eigenvalue weighted by molar-refractivity contribution is 9.11. The van der Waals surface area contributed by atoms with Crippen LogP contribution < -0.4 is 5.48 Å². The molecular weight excluding hydrogens is 230 g/mol. The summed E-state index contributed by atoms with van der Waals surface area (Å²) in [6, 6.07) is 10.00. The Morgan fingerprint density at radius 2 is 2.08 bits per heavy atom. The average Bonchev–Trinajstić information content (AvgIpc) is 2.14. The maximum Gasteiger partial charge on any atom is 0.0933 e. The van der Waals surface area contributed by atoms with Gasteiger partial charge in [-0.15, -0.1) is 0 Å². The Balaban J connectivity index is 2.17. The molecule has 70 valence electrons. The lowest BCUT2D eigenvalue weighted by Crippen LogP contribution is -2.15. The Bertz CT molecular complexity index is 261. The summed E-state index contributed by atoms with van der Waals surface area (Å²) in [5, 5.41) is 0. The lowest BCUT2D eigenvalue weighted by atomic mass is 10.2. The molecule has 1 rings (SSSR count). The molecule has 0 aliphatic heterocycles. The van der Waals surface area contributed by atoms with E-state index in [9.17, 15) is 0 Å². The van der Waals surface area contributed by atoms with E-state index in [1.54, 1.807) is 0 Å². The number of hydrogen-bond acceptors (Lipinski definition) is 2. The van der Waals surface area contributed by atoms with Crippen molar-refractivity contribution in [3.05, 3.63) is 47.0 Å². The van der Waals surface area contributed by atoms with E-state index in [1.807, 2.05) is 30.3 Å². The first-order chi connectivity index (χ1) is 6.29. The number of hydroxylamine groups is 1. The molecule has 13 heavy (non-hydrogen) atoms. The molecule has 3 heteroatoms. The number of nitrogens with one attached hydrogen (secondary N) is 1. The van der Waals surface area contributed by atoms with E-state index in [0.717, 1.165) is 10.0 Å². The van der Waals surface area contributed by atoms with Crippen LogP contribution in [0.1, 0.15) is 5.56 Å². The molecular formula is C10H12BrNO. The van der Waals surface area contributed by atoms with Crippen LogP contribution in [0, 0.1) is 0 Å². The molecule has 0 atom stereocenters. The lowest BCUT2D eigenvalue weighted by molar-refractivity contribution is 0.0348. The topological polar surface area (TPSA) is 21.3 Å². The molecule has 1 N–H and O–H groups in total. The van der Waals surface area contributed by atoms with Crippen LogP contribution in [0.5, 0.6) is 0 Å². The monoisotopic (exact) mass is 241 g/mol. The molecule has 0 saturated carbocycles. The van der Waals surface area contributed by atoms with Gasteiger partial charge in [-0.1, -0.05) is 52.8 Å². The SMILES string of the molecule is C=C(Br)CNOCc1ccccc1. The summed E-state index contributed by atoms with van der Waals surface area (Å²) < 4.78 is 0.876. The van der Waals surface area contributed by atoms with Gasteiger partial charge in [0.25, 0.3) is 0 Å². The minimum absolute atomic E-state index is 0.571. The molecule has 0 heterocycles. The van der Waals surface area contributed by atoms with Crippen LogP contribution in [0.2, 0.25) is 0 Å². The lowest BCUT2D eigenvalue weighted by Gasteiger charge is -2.04. The van der Waals surface area contributed by atoms with Gasteiger partial charge >= 0.3 is 0 Å². The van der Waals surface area contributed by atoms with Crippen LogP contribution in [0.3, 0.4) is 0 Å². The highest BCUT2D eigenvalue weighted by atomic mass is 79.9. The van der Waals surface area contributed by atoms with Crippen molar-refractivity contribution in [1.29, 1.82) is 0 Å². The second kappa shape index (κ2) is 5.91. The molecule has 0 aliphatic rings. The predicted octanol–water partition coefficient (Wildman–Crippen LogP) is 2.62. The molecule has 0 unspecified atom stereocenters. The Labute approximate surface area is 86.7 Å². The van der Waals surface area contributed by atoms with Gasteiger partial charge in [-0.25, -0.2) is 0 Å². The minimum Gasteiger partial charge on any atom is -0.297 e. The van der Waals surface area contributed by atoms with E-state index in [-0.39, 0.29) is 0 Å². The third-order valence-corrected chi connectivity index (χ3v) is 1.73. The number of benzene rings is 1. The summed E-state index contributed by atoms with van der Waals surface area (Å²) in [6.07, 6.45) is 0. The fraction of sp³-hybridized carbons (Fsp3) is 0.200. The first kappa shape index (κ1) is 10.4. The van der Waals surface area contributed by atoms with E-state index in [4.69, 9.17) is 4.84 Å². The first-order valence-corrected chi connectivity index (χ1v) is 4.80. The van der Waals surface area contributed by atoms with Crippen molar-refractivity contribution < 1.29 is 4.84 Å². The van der Waals surface area contributed by atoms with Gasteiger partial charge in [0, 0.05) is 4.48 Å². The highest BCUT2D eigenvalue weighted by Gasteiger charge is 1.91. The molecule has 0 radical (unpaired) electrons. The van der Waals surface area contributed by atoms with Crippen LogP contribution in [-0.4, -0.2) is 6.54 Å². The van der Waals surface area contributed by atoms with Crippen molar-refractivity contribution in [2.24, 2.45) is 0 Å².